The molecule has 1 N–H and O–H groups in total. The van der Waals surface area contributed by atoms with Gasteiger partial charge in [-0.3, -0.25) is 4.79 Å². The molecule has 0 aliphatic heterocycles. The van der Waals surface area contributed by atoms with E-state index >= 15 is 0 Å². The minimum Gasteiger partial charge on any atom is -0.482 e. The smallest absolute Gasteiger partial charge is 0.262 e. The SMILES string of the molecule is O=C(COc1ccccc1Cl)Nc1c(F)cccc1F. The molecule has 0 heterocycles. The van der Waals surface area contributed by atoms with Gasteiger partial charge in [-0.15, -0.1) is 0 Å². The Morgan fingerprint density at radius 3 is 2.40 bits per heavy atom. The molecule has 104 valence electrons. The van der Waals surface area contributed by atoms with E-state index < -0.39 is 29.8 Å². The van der Waals surface area contributed by atoms with Gasteiger partial charge >= 0.3 is 0 Å². The van der Waals surface area contributed by atoms with E-state index in [9.17, 15) is 13.6 Å². The van der Waals surface area contributed by atoms with Crippen molar-refractivity contribution in [3.8, 4) is 5.75 Å². The summed E-state index contributed by atoms with van der Waals surface area (Å²) in [7, 11) is 0. The molecule has 0 aliphatic rings. The zero-order valence-electron chi connectivity index (χ0n) is 10.2. The monoisotopic (exact) mass is 297 g/mol. The Hall–Kier alpha value is -2.14. The number of halogens is 3. The van der Waals surface area contributed by atoms with Crippen LogP contribution in [0.3, 0.4) is 0 Å². The molecule has 3 nitrogen and oxygen atoms in total. The number of carbonyl (C=O) groups is 1. The van der Waals surface area contributed by atoms with Crippen LogP contribution in [-0.4, -0.2) is 12.5 Å². The van der Waals surface area contributed by atoms with Crippen LogP contribution >= 0.6 is 11.6 Å². The number of rotatable bonds is 4. The summed E-state index contributed by atoms with van der Waals surface area (Å²) in [5, 5.41) is 2.46. The molecule has 0 saturated heterocycles. The summed E-state index contributed by atoms with van der Waals surface area (Å²) >= 11 is 5.84. The summed E-state index contributed by atoms with van der Waals surface area (Å²) in [5.41, 5.74) is -0.500. The standard InChI is InChI=1S/C14H10ClF2NO2/c15-9-4-1-2-7-12(9)20-8-13(19)18-14-10(16)5-3-6-11(14)17/h1-7H,8H2,(H,18,19). The highest BCUT2D eigenvalue weighted by Gasteiger charge is 2.12. The van der Waals surface area contributed by atoms with Crippen LogP contribution in [0.25, 0.3) is 0 Å². The second-order valence-corrected chi connectivity index (χ2v) is 4.27. The number of anilines is 1. The Kier molecular flexibility index (Phi) is 4.53. The molecule has 0 spiro atoms. The van der Waals surface area contributed by atoms with Crippen molar-refractivity contribution < 1.29 is 18.3 Å². The van der Waals surface area contributed by atoms with Crippen LogP contribution < -0.4 is 10.1 Å². The number of benzene rings is 2. The Bertz CT molecular complexity index is 614. The van der Waals surface area contributed by atoms with Gasteiger partial charge < -0.3 is 10.1 Å². The molecule has 0 aromatic heterocycles. The van der Waals surface area contributed by atoms with Gasteiger partial charge in [-0.1, -0.05) is 29.8 Å². The predicted molar refractivity (Wildman–Crippen MR) is 71.9 cm³/mol. The first-order valence-electron chi connectivity index (χ1n) is 5.69. The first kappa shape index (κ1) is 14.3. The average Bonchev–Trinajstić information content (AvgIpc) is 2.42. The number of nitrogens with one attached hydrogen (secondary N) is 1. The van der Waals surface area contributed by atoms with E-state index in [0.29, 0.717) is 10.8 Å². The van der Waals surface area contributed by atoms with Crippen LogP contribution in [0.1, 0.15) is 0 Å². The van der Waals surface area contributed by atoms with Crippen LogP contribution in [0.4, 0.5) is 14.5 Å². The third-order valence-corrected chi connectivity index (χ3v) is 2.73. The quantitative estimate of drug-likeness (QED) is 0.936. The lowest BCUT2D eigenvalue weighted by atomic mass is 10.3. The summed E-state index contributed by atoms with van der Waals surface area (Å²) in [4.78, 5) is 11.6. The highest BCUT2D eigenvalue weighted by atomic mass is 35.5. The lowest BCUT2D eigenvalue weighted by Crippen LogP contribution is -2.21. The van der Waals surface area contributed by atoms with E-state index in [1.165, 1.54) is 6.07 Å². The molecule has 0 atom stereocenters. The molecule has 0 bridgehead atoms. The van der Waals surface area contributed by atoms with Crippen LogP contribution in [-0.2, 0) is 4.79 Å². The lowest BCUT2D eigenvalue weighted by molar-refractivity contribution is -0.118. The van der Waals surface area contributed by atoms with E-state index in [2.05, 4.69) is 5.32 Å². The Morgan fingerprint density at radius 1 is 1.10 bits per heavy atom. The van der Waals surface area contributed by atoms with Crippen molar-refractivity contribution in [1.29, 1.82) is 0 Å². The third-order valence-electron chi connectivity index (χ3n) is 2.42. The van der Waals surface area contributed by atoms with E-state index in [1.807, 2.05) is 0 Å². The summed E-state index contributed by atoms with van der Waals surface area (Å²) < 4.78 is 31.8. The van der Waals surface area contributed by atoms with E-state index in [4.69, 9.17) is 16.3 Å². The number of hydrogen-bond donors (Lipinski definition) is 1. The van der Waals surface area contributed by atoms with E-state index in [1.54, 1.807) is 24.3 Å². The minimum absolute atomic E-state index is 0.318. The molecule has 0 saturated carbocycles. The van der Waals surface area contributed by atoms with Crippen molar-refractivity contribution in [3.05, 3.63) is 59.1 Å². The molecule has 0 fully saturated rings. The summed E-state index contributed by atoms with van der Waals surface area (Å²) in [6.45, 7) is -0.405. The van der Waals surface area contributed by atoms with Crippen molar-refractivity contribution in [2.75, 3.05) is 11.9 Å². The number of ether oxygens (including phenoxy) is 1. The molecule has 0 radical (unpaired) electrons. The zero-order valence-corrected chi connectivity index (χ0v) is 11.0. The highest BCUT2D eigenvalue weighted by molar-refractivity contribution is 6.32. The van der Waals surface area contributed by atoms with Crippen molar-refractivity contribution in [1.82, 2.24) is 0 Å². The van der Waals surface area contributed by atoms with Gasteiger partial charge in [0.2, 0.25) is 0 Å². The molecular formula is C14H10ClF2NO2. The molecule has 2 aromatic carbocycles. The number of carbonyl (C=O) groups excluding carboxylic acids is 1. The van der Waals surface area contributed by atoms with Crippen molar-refractivity contribution in [2.45, 2.75) is 0 Å². The molecule has 0 aliphatic carbocycles. The predicted octanol–water partition coefficient (Wildman–Crippen LogP) is 3.64. The maximum atomic E-state index is 13.3. The van der Waals surface area contributed by atoms with Gasteiger partial charge in [-0.2, -0.15) is 0 Å². The third kappa shape index (κ3) is 3.45. The molecule has 0 unspecified atom stereocenters. The number of hydrogen-bond acceptors (Lipinski definition) is 2. The molecule has 20 heavy (non-hydrogen) atoms. The molecule has 2 rings (SSSR count). The van der Waals surface area contributed by atoms with Crippen LogP contribution in [0.15, 0.2) is 42.5 Å². The topological polar surface area (TPSA) is 38.3 Å². The van der Waals surface area contributed by atoms with Crippen molar-refractivity contribution in [3.63, 3.8) is 0 Å². The largest absolute Gasteiger partial charge is 0.482 e. The first-order valence-corrected chi connectivity index (χ1v) is 6.07. The first-order chi connectivity index (χ1) is 9.58. The molecule has 6 heteroatoms. The average molecular weight is 298 g/mol. The fraction of sp³-hybridized carbons (Fsp3) is 0.0714. The maximum absolute atomic E-state index is 13.3. The summed E-state index contributed by atoms with van der Waals surface area (Å²) in [5.74, 6) is -2.07. The zero-order chi connectivity index (χ0) is 14.5. The molecule has 2 aromatic rings. The van der Waals surface area contributed by atoms with E-state index in [0.717, 1.165) is 12.1 Å². The van der Waals surface area contributed by atoms with Gasteiger partial charge in [0.05, 0.1) is 5.02 Å². The normalized spacial score (nSPS) is 10.2. The Labute approximate surface area is 119 Å². The maximum Gasteiger partial charge on any atom is 0.262 e. The van der Waals surface area contributed by atoms with Crippen LogP contribution in [0.2, 0.25) is 5.02 Å². The fourth-order valence-corrected chi connectivity index (χ4v) is 1.69. The Morgan fingerprint density at radius 2 is 1.75 bits per heavy atom. The lowest BCUT2D eigenvalue weighted by Gasteiger charge is -2.09. The van der Waals surface area contributed by atoms with Crippen LogP contribution in [0.5, 0.6) is 5.75 Å². The van der Waals surface area contributed by atoms with Gasteiger partial charge in [-0.25, -0.2) is 8.78 Å². The Balaban J connectivity index is 1.98. The number of amides is 1. The highest BCUT2D eigenvalue weighted by Crippen LogP contribution is 2.23. The van der Waals surface area contributed by atoms with E-state index in [-0.39, 0.29) is 0 Å². The van der Waals surface area contributed by atoms with Gasteiger partial charge in [0.1, 0.15) is 23.1 Å². The minimum atomic E-state index is -0.851. The molecule has 1 amide bonds. The van der Waals surface area contributed by atoms with Crippen LogP contribution in [0, 0.1) is 11.6 Å². The van der Waals surface area contributed by atoms with Crippen molar-refractivity contribution in [2.24, 2.45) is 0 Å². The number of para-hydroxylation sites is 2. The van der Waals surface area contributed by atoms with Gasteiger partial charge in [0.25, 0.3) is 5.91 Å². The molecular weight excluding hydrogens is 288 g/mol. The summed E-state index contributed by atoms with van der Waals surface area (Å²) in [6.07, 6.45) is 0. The van der Waals surface area contributed by atoms with Gasteiger partial charge in [-0.05, 0) is 24.3 Å². The van der Waals surface area contributed by atoms with Gasteiger partial charge in [0.15, 0.2) is 6.61 Å². The second-order valence-electron chi connectivity index (χ2n) is 3.86. The fourth-order valence-electron chi connectivity index (χ4n) is 1.50. The van der Waals surface area contributed by atoms with Crippen molar-refractivity contribution >= 4 is 23.2 Å². The second kappa shape index (κ2) is 6.34. The van der Waals surface area contributed by atoms with Gasteiger partial charge in [0, 0.05) is 0 Å². The summed E-state index contributed by atoms with van der Waals surface area (Å²) in [6, 6.07) is 9.89.